The zero-order valence-electron chi connectivity index (χ0n) is 14.9. The molecule has 2 fully saturated rings. The summed E-state index contributed by atoms with van der Waals surface area (Å²) in [4.78, 5) is 33.2. The van der Waals surface area contributed by atoms with Crippen LogP contribution in [0.2, 0.25) is 0 Å². The third kappa shape index (κ3) is 3.71. The standard InChI is InChI=1S/C18H27N3O4/c1-14-15(19-13-25-14)12-20-8-10-21(11-9-20)16(22)18(17(23)24)6-4-2-3-5-7-18/h13H,2-12H2,1H3,(H,23,24). The highest BCUT2D eigenvalue weighted by Crippen LogP contribution is 2.37. The maximum absolute atomic E-state index is 13.0. The molecule has 0 bridgehead atoms. The fraction of sp³-hybridized carbons (Fsp3) is 0.722. The molecule has 1 saturated heterocycles. The third-order valence-electron chi connectivity index (χ3n) is 5.65. The largest absolute Gasteiger partial charge is 0.480 e. The van der Waals surface area contributed by atoms with Gasteiger partial charge in [0.1, 0.15) is 11.2 Å². The second kappa shape index (κ2) is 7.56. The molecule has 1 N–H and O–H groups in total. The van der Waals surface area contributed by atoms with Crippen molar-refractivity contribution in [3.63, 3.8) is 0 Å². The Balaban J connectivity index is 1.62. The topological polar surface area (TPSA) is 86.9 Å². The van der Waals surface area contributed by atoms with Crippen molar-refractivity contribution in [2.75, 3.05) is 26.2 Å². The number of rotatable bonds is 4. The van der Waals surface area contributed by atoms with Crippen molar-refractivity contribution >= 4 is 11.9 Å². The van der Waals surface area contributed by atoms with Gasteiger partial charge in [-0.1, -0.05) is 25.7 Å². The first-order chi connectivity index (χ1) is 12.0. The zero-order valence-corrected chi connectivity index (χ0v) is 14.9. The van der Waals surface area contributed by atoms with E-state index in [2.05, 4.69) is 9.88 Å². The van der Waals surface area contributed by atoms with E-state index in [9.17, 15) is 14.7 Å². The predicted octanol–water partition coefficient (Wildman–Crippen LogP) is 2.05. The van der Waals surface area contributed by atoms with Crippen LogP contribution in [0.1, 0.15) is 50.0 Å². The first-order valence-corrected chi connectivity index (χ1v) is 9.17. The van der Waals surface area contributed by atoms with E-state index >= 15 is 0 Å². The quantitative estimate of drug-likeness (QED) is 0.661. The molecule has 138 valence electrons. The van der Waals surface area contributed by atoms with Crippen molar-refractivity contribution in [3.05, 3.63) is 17.8 Å². The molecule has 2 aliphatic rings. The number of carbonyl (C=O) groups excluding carboxylic acids is 1. The highest BCUT2D eigenvalue weighted by molar-refractivity contribution is 6.02. The molecule has 25 heavy (non-hydrogen) atoms. The van der Waals surface area contributed by atoms with E-state index in [1.807, 2.05) is 6.92 Å². The summed E-state index contributed by atoms with van der Waals surface area (Å²) in [5, 5.41) is 9.79. The number of nitrogens with zero attached hydrogens (tertiary/aromatic N) is 3. The first kappa shape index (κ1) is 17.9. The van der Waals surface area contributed by atoms with E-state index in [1.165, 1.54) is 6.39 Å². The minimum Gasteiger partial charge on any atom is -0.480 e. The molecule has 0 spiro atoms. The molecule has 0 unspecified atom stereocenters. The summed E-state index contributed by atoms with van der Waals surface area (Å²) >= 11 is 0. The Bertz CT molecular complexity index is 612. The zero-order chi connectivity index (χ0) is 17.9. The maximum Gasteiger partial charge on any atom is 0.319 e. The average Bonchev–Trinajstić information content (AvgIpc) is 2.87. The Morgan fingerprint density at radius 3 is 2.32 bits per heavy atom. The summed E-state index contributed by atoms with van der Waals surface area (Å²) in [5.74, 6) is -0.305. The minimum absolute atomic E-state index is 0.181. The molecule has 7 nitrogen and oxygen atoms in total. The smallest absolute Gasteiger partial charge is 0.319 e. The molecular formula is C18H27N3O4. The van der Waals surface area contributed by atoms with Gasteiger partial charge in [-0.05, 0) is 19.8 Å². The Morgan fingerprint density at radius 1 is 1.16 bits per heavy atom. The number of aryl methyl sites for hydroxylation is 1. The van der Waals surface area contributed by atoms with E-state index in [0.29, 0.717) is 32.5 Å². The third-order valence-corrected chi connectivity index (χ3v) is 5.65. The highest BCUT2D eigenvalue weighted by atomic mass is 16.4. The number of oxazole rings is 1. The Morgan fingerprint density at radius 2 is 1.80 bits per heavy atom. The number of piperazine rings is 1. The average molecular weight is 349 g/mol. The molecule has 7 heteroatoms. The molecule has 0 atom stereocenters. The van der Waals surface area contributed by atoms with Crippen LogP contribution in [-0.4, -0.2) is 57.9 Å². The molecule has 3 rings (SSSR count). The van der Waals surface area contributed by atoms with Crippen molar-refractivity contribution in [1.82, 2.24) is 14.8 Å². The fourth-order valence-electron chi connectivity index (χ4n) is 3.95. The van der Waals surface area contributed by atoms with Crippen molar-refractivity contribution in [2.45, 2.75) is 52.0 Å². The highest BCUT2D eigenvalue weighted by Gasteiger charge is 2.48. The van der Waals surface area contributed by atoms with Crippen LogP contribution in [0.15, 0.2) is 10.8 Å². The number of hydrogen-bond donors (Lipinski definition) is 1. The van der Waals surface area contributed by atoms with Crippen LogP contribution in [0.4, 0.5) is 0 Å². The molecule has 1 aromatic rings. The van der Waals surface area contributed by atoms with E-state index in [4.69, 9.17) is 4.42 Å². The lowest BCUT2D eigenvalue weighted by atomic mass is 9.78. The molecule has 0 aromatic carbocycles. The summed E-state index contributed by atoms with van der Waals surface area (Å²) in [6.07, 6.45) is 6.08. The predicted molar refractivity (Wildman–Crippen MR) is 90.9 cm³/mol. The van der Waals surface area contributed by atoms with Crippen LogP contribution in [0.3, 0.4) is 0 Å². The lowest BCUT2D eigenvalue weighted by Crippen LogP contribution is -2.55. The fourth-order valence-corrected chi connectivity index (χ4v) is 3.95. The molecule has 2 heterocycles. The maximum atomic E-state index is 13.0. The van der Waals surface area contributed by atoms with Gasteiger partial charge in [0, 0.05) is 32.7 Å². The van der Waals surface area contributed by atoms with E-state index in [-0.39, 0.29) is 5.91 Å². The summed E-state index contributed by atoms with van der Waals surface area (Å²) in [7, 11) is 0. The van der Waals surface area contributed by atoms with Gasteiger partial charge in [0.2, 0.25) is 5.91 Å². The van der Waals surface area contributed by atoms with E-state index in [0.717, 1.165) is 50.2 Å². The van der Waals surface area contributed by atoms with Gasteiger partial charge in [0.15, 0.2) is 6.39 Å². The van der Waals surface area contributed by atoms with Gasteiger partial charge in [-0.25, -0.2) is 4.98 Å². The number of carboxylic acid groups (broad SMARTS) is 1. The lowest BCUT2D eigenvalue weighted by molar-refractivity contribution is -0.163. The van der Waals surface area contributed by atoms with E-state index in [1.54, 1.807) is 4.90 Å². The van der Waals surface area contributed by atoms with Gasteiger partial charge < -0.3 is 14.4 Å². The molecule has 1 aliphatic carbocycles. The monoisotopic (exact) mass is 349 g/mol. The van der Waals surface area contributed by atoms with Crippen LogP contribution in [0.25, 0.3) is 0 Å². The summed E-state index contributed by atoms with van der Waals surface area (Å²) in [6.45, 7) is 5.20. The number of amides is 1. The van der Waals surface area contributed by atoms with Crippen molar-refractivity contribution in [2.24, 2.45) is 5.41 Å². The molecule has 1 aromatic heterocycles. The lowest BCUT2D eigenvalue weighted by Gasteiger charge is -2.39. The van der Waals surface area contributed by atoms with Crippen LogP contribution in [0.5, 0.6) is 0 Å². The molecule has 1 saturated carbocycles. The second-order valence-electron chi connectivity index (χ2n) is 7.23. The second-order valence-corrected chi connectivity index (χ2v) is 7.23. The minimum atomic E-state index is -1.21. The Kier molecular flexibility index (Phi) is 5.42. The van der Waals surface area contributed by atoms with E-state index < -0.39 is 11.4 Å². The van der Waals surface area contributed by atoms with Crippen LogP contribution in [0, 0.1) is 12.3 Å². The first-order valence-electron chi connectivity index (χ1n) is 9.17. The molecule has 1 amide bonds. The number of hydrogen-bond acceptors (Lipinski definition) is 5. The molecular weight excluding hydrogens is 322 g/mol. The summed E-state index contributed by atoms with van der Waals surface area (Å²) in [6, 6.07) is 0. The number of carboxylic acids is 1. The summed E-state index contributed by atoms with van der Waals surface area (Å²) < 4.78 is 5.23. The number of carbonyl (C=O) groups is 2. The van der Waals surface area contributed by atoms with Gasteiger partial charge >= 0.3 is 5.97 Å². The normalized spacial score (nSPS) is 21.7. The van der Waals surface area contributed by atoms with Gasteiger partial charge in [0.25, 0.3) is 0 Å². The van der Waals surface area contributed by atoms with Crippen molar-refractivity contribution in [3.8, 4) is 0 Å². The SMILES string of the molecule is Cc1ocnc1CN1CCN(C(=O)C2(C(=O)O)CCCCCC2)CC1. The molecule has 1 aliphatic heterocycles. The van der Waals surface area contributed by atoms with Gasteiger partial charge in [-0.3, -0.25) is 14.5 Å². The van der Waals surface area contributed by atoms with Crippen LogP contribution < -0.4 is 0 Å². The summed E-state index contributed by atoms with van der Waals surface area (Å²) in [5.41, 5.74) is -0.285. The number of aliphatic carboxylic acids is 1. The number of aromatic nitrogens is 1. The van der Waals surface area contributed by atoms with Gasteiger partial charge in [-0.2, -0.15) is 0 Å². The Hall–Kier alpha value is -1.89. The molecule has 0 radical (unpaired) electrons. The van der Waals surface area contributed by atoms with Gasteiger partial charge in [-0.15, -0.1) is 0 Å². The Labute approximate surface area is 148 Å². The van der Waals surface area contributed by atoms with Crippen LogP contribution >= 0.6 is 0 Å². The van der Waals surface area contributed by atoms with Gasteiger partial charge in [0.05, 0.1) is 5.69 Å². The van der Waals surface area contributed by atoms with Crippen LogP contribution in [-0.2, 0) is 16.1 Å². The van der Waals surface area contributed by atoms with Crippen molar-refractivity contribution < 1.29 is 19.1 Å². The van der Waals surface area contributed by atoms with Crippen molar-refractivity contribution in [1.29, 1.82) is 0 Å².